The van der Waals surface area contributed by atoms with Crippen LogP contribution >= 0.6 is 11.6 Å². The number of anilines is 1. The third-order valence-electron chi connectivity index (χ3n) is 5.92. The van der Waals surface area contributed by atoms with Gasteiger partial charge in [-0.3, -0.25) is 24.3 Å². The highest BCUT2D eigenvalue weighted by molar-refractivity contribution is 6.30. The summed E-state index contributed by atoms with van der Waals surface area (Å²) in [6.07, 6.45) is 0. The molecule has 0 saturated carbocycles. The molecule has 164 valence electrons. The summed E-state index contributed by atoms with van der Waals surface area (Å²) in [6.45, 7) is 5.36. The third-order valence-corrected chi connectivity index (χ3v) is 6.15. The molecule has 1 aromatic rings. The maximum Gasteiger partial charge on any atom is 0.333 e. The van der Waals surface area contributed by atoms with Gasteiger partial charge in [-0.05, 0) is 30.1 Å². The van der Waals surface area contributed by atoms with E-state index in [4.69, 9.17) is 11.6 Å². The van der Waals surface area contributed by atoms with Crippen molar-refractivity contribution in [3.8, 4) is 0 Å². The second kappa shape index (κ2) is 8.39. The first-order valence-electron chi connectivity index (χ1n) is 10.2. The van der Waals surface area contributed by atoms with Gasteiger partial charge in [0.15, 0.2) is 5.78 Å². The van der Waals surface area contributed by atoms with Crippen LogP contribution in [-0.4, -0.2) is 108 Å². The van der Waals surface area contributed by atoms with Crippen molar-refractivity contribution in [1.82, 2.24) is 14.7 Å². The highest BCUT2D eigenvalue weighted by Gasteiger charge is 2.53. The molecule has 0 radical (unpaired) electrons. The minimum Gasteiger partial charge on any atom is -0.369 e. The lowest BCUT2D eigenvalue weighted by Crippen LogP contribution is -2.61. The number of benzene rings is 1. The number of ketones is 1. The van der Waals surface area contributed by atoms with Crippen molar-refractivity contribution < 1.29 is 19.0 Å². The lowest BCUT2D eigenvalue weighted by molar-refractivity contribution is -0.524. The monoisotopic (exact) mass is 445 g/mol. The van der Waals surface area contributed by atoms with Crippen LogP contribution in [0.1, 0.15) is 6.92 Å². The predicted molar refractivity (Wildman–Crippen MR) is 118 cm³/mol. The second-order valence-corrected chi connectivity index (χ2v) is 8.54. The number of imide groups is 1. The number of rotatable bonds is 5. The highest BCUT2D eigenvalue weighted by Crippen LogP contribution is 2.22. The molecule has 1 aromatic carbocycles. The van der Waals surface area contributed by atoms with E-state index in [9.17, 15) is 14.4 Å². The van der Waals surface area contributed by atoms with E-state index in [2.05, 4.69) is 14.8 Å². The minimum absolute atomic E-state index is 0.0604. The Bertz CT molecular complexity index is 999. The lowest BCUT2D eigenvalue weighted by Gasteiger charge is -2.35. The summed E-state index contributed by atoms with van der Waals surface area (Å²) in [4.78, 5) is 48.7. The van der Waals surface area contributed by atoms with Gasteiger partial charge in [-0.1, -0.05) is 17.7 Å². The van der Waals surface area contributed by atoms with Crippen molar-refractivity contribution in [2.45, 2.75) is 13.0 Å². The van der Waals surface area contributed by atoms with Gasteiger partial charge >= 0.3 is 11.9 Å². The van der Waals surface area contributed by atoms with E-state index in [0.717, 1.165) is 36.8 Å². The number of amidine groups is 2. The molecule has 0 aromatic heterocycles. The zero-order valence-electron chi connectivity index (χ0n) is 17.9. The van der Waals surface area contributed by atoms with E-state index >= 15 is 0 Å². The fourth-order valence-electron chi connectivity index (χ4n) is 4.23. The van der Waals surface area contributed by atoms with Gasteiger partial charge in [-0.15, -0.1) is 0 Å². The Morgan fingerprint density at radius 2 is 1.87 bits per heavy atom. The van der Waals surface area contributed by atoms with Crippen LogP contribution in [0.2, 0.25) is 5.02 Å². The highest BCUT2D eigenvalue weighted by atomic mass is 35.5. The molecule has 2 fully saturated rings. The smallest absolute Gasteiger partial charge is 0.333 e. The molecule has 0 aliphatic carbocycles. The van der Waals surface area contributed by atoms with Crippen molar-refractivity contribution >= 4 is 46.7 Å². The topological polar surface area (TPSA) is 79.5 Å². The van der Waals surface area contributed by atoms with Crippen LogP contribution in [-0.2, 0) is 9.59 Å². The average molecular weight is 446 g/mol. The van der Waals surface area contributed by atoms with E-state index in [1.165, 1.54) is 18.9 Å². The number of carbonyl (C=O) groups excluding carboxylic acids is 3. The summed E-state index contributed by atoms with van der Waals surface area (Å²) < 4.78 is 1.74. The van der Waals surface area contributed by atoms with Crippen LogP contribution in [0.3, 0.4) is 0 Å². The van der Waals surface area contributed by atoms with Gasteiger partial charge in [-0.25, -0.2) is 9.37 Å². The Morgan fingerprint density at radius 1 is 1.16 bits per heavy atom. The molecule has 0 spiro atoms. The van der Waals surface area contributed by atoms with Crippen LogP contribution < -0.4 is 4.90 Å². The molecule has 1 atom stereocenters. The zero-order chi connectivity index (χ0) is 22.3. The molecule has 3 heterocycles. The molecule has 3 aliphatic heterocycles. The normalized spacial score (nSPS) is 22.3. The molecule has 0 N–H and O–H groups in total. The first kappa shape index (κ1) is 21.5. The van der Waals surface area contributed by atoms with Crippen LogP contribution in [0.4, 0.5) is 10.5 Å². The number of hydrogen-bond acceptors (Lipinski definition) is 6. The number of hydrogen-bond donors (Lipinski definition) is 0. The van der Waals surface area contributed by atoms with Gasteiger partial charge in [-0.2, -0.15) is 0 Å². The number of halogens is 1. The molecule has 2 saturated heterocycles. The standard InChI is InChI=1S/C21H26ClN6O3/c1-14(29)12-28-17(23-19-18(28)20(30)25(3)21(31)24(19)2)13-26-7-9-27(10-8-26)16-6-4-5-15(22)11-16/h4-6,11,18H,7-10,12-13H2,1-3H3/q+1. The molecule has 4 rings (SSSR count). The number of carbonyl (C=O) groups is 3. The van der Waals surface area contributed by atoms with Crippen LogP contribution in [0.15, 0.2) is 29.3 Å². The summed E-state index contributed by atoms with van der Waals surface area (Å²) >= 11 is 6.12. The van der Waals surface area contributed by atoms with E-state index in [1.54, 1.807) is 11.6 Å². The Kier molecular flexibility index (Phi) is 5.81. The average Bonchev–Trinajstić information content (AvgIpc) is 3.08. The SMILES string of the molecule is CC(=O)C[N+]1=C(CN2CCN(c3cccc(Cl)c3)CC2)N=C2C1C(=O)N(C)C(=O)N2C. The van der Waals surface area contributed by atoms with Crippen molar-refractivity contribution in [2.75, 3.05) is 58.3 Å². The molecule has 0 bridgehead atoms. The van der Waals surface area contributed by atoms with E-state index < -0.39 is 12.1 Å². The maximum absolute atomic E-state index is 12.8. The van der Waals surface area contributed by atoms with Gasteiger partial charge in [0.1, 0.15) is 13.1 Å². The quantitative estimate of drug-likeness (QED) is 0.625. The van der Waals surface area contributed by atoms with Crippen LogP contribution in [0, 0.1) is 0 Å². The summed E-state index contributed by atoms with van der Waals surface area (Å²) in [7, 11) is 3.06. The Hall–Kier alpha value is -2.78. The largest absolute Gasteiger partial charge is 0.369 e. The zero-order valence-corrected chi connectivity index (χ0v) is 18.7. The number of aliphatic imine (C=N–C) groups is 1. The van der Waals surface area contributed by atoms with E-state index in [0.29, 0.717) is 23.2 Å². The Labute approximate surface area is 186 Å². The van der Waals surface area contributed by atoms with Crippen molar-refractivity contribution in [3.05, 3.63) is 29.3 Å². The molecular formula is C21H26ClN6O3+. The Morgan fingerprint density at radius 3 is 2.52 bits per heavy atom. The van der Waals surface area contributed by atoms with Gasteiger partial charge in [0.2, 0.25) is 0 Å². The van der Waals surface area contributed by atoms with Crippen LogP contribution in [0.5, 0.6) is 0 Å². The fourth-order valence-corrected chi connectivity index (χ4v) is 4.42. The molecule has 1 unspecified atom stereocenters. The lowest BCUT2D eigenvalue weighted by atomic mass is 10.1. The number of likely N-dealkylation sites (N-methyl/N-ethyl adjacent to an activating group) is 2. The minimum atomic E-state index is -0.737. The van der Waals surface area contributed by atoms with Crippen LogP contribution in [0.25, 0.3) is 0 Å². The molecule has 31 heavy (non-hydrogen) atoms. The van der Waals surface area contributed by atoms with Crippen molar-refractivity contribution in [3.63, 3.8) is 0 Å². The maximum atomic E-state index is 12.8. The van der Waals surface area contributed by atoms with E-state index in [1.807, 2.05) is 24.3 Å². The van der Waals surface area contributed by atoms with Gasteiger partial charge in [0.05, 0.1) is 0 Å². The van der Waals surface area contributed by atoms with Gasteiger partial charge in [0, 0.05) is 51.0 Å². The summed E-state index contributed by atoms with van der Waals surface area (Å²) in [5.41, 5.74) is 1.10. The van der Waals surface area contributed by atoms with Gasteiger partial charge in [0.25, 0.3) is 17.8 Å². The number of Topliss-reactive ketones (excluding diaryl/α,β-unsaturated/α-hetero) is 1. The molecule has 3 amide bonds. The summed E-state index contributed by atoms with van der Waals surface area (Å²) in [5, 5.41) is 0.716. The van der Waals surface area contributed by atoms with Gasteiger partial charge < -0.3 is 4.90 Å². The molecule has 3 aliphatic rings. The number of urea groups is 1. The predicted octanol–water partition coefficient (Wildman–Crippen LogP) is 0.766. The first-order chi connectivity index (χ1) is 14.8. The second-order valence-electron chi connectivity index (χ2n) is 8.10. The molecule has 10 heteroatoms. The number of piperazine rings is 1. The van der Waals surface area contributed by atoms with E-state index in [-0.39, 0.29) is 18.2 Å². The Balaban J connectivity index is 1.52. The number of nitrogens with zero attached hydrogens (tertiary/aromatic N) is 6. The summed E-state index contributed by atoms with van der Waals surface area (Å²) in [5.74, 6) is 0.621. The van der Waals surface area contributed by atoms with Crippen molar-refractivity contribution in [1.29, 1.82) is 0 Å². The first-order valence-corrected chi connectivity index (χ1v) is 10.6. The number of amides is 3. The molecule has 9 nitrogen and oxygen atoms in total. The molecular weight excluding hydrogens is 420 g/mol. The third kappa shape index (κ3) is 4.07. The fraction of sp³-hybridized carbons (Fsp3) is 0.476. The summed E-state index contributed by atoms with van der Waals surface area (Å²) in [6, 6.07) is 6.66. The van der Waals surface area contributed by atoms with Crippen molar-refractivity contribution in [2.24, 2.45) is 4.99 Å². The number of fused-ring (bicyclic) bond motifs is 1.